The van der Waals surface area contributed by atoms with Crippen molar-refractivity contribution in [3.8, 4) is 5.75 Å². The highest BCUT2D eigenvalue weighted by molar-refractivity contribution is 5.78. The summed E-state index contributed by atoms with van der Waals surface area (Å²) in [5.74, 6) is 0.840. The number of rotatable bonds is 9. The van der Waals surface area contributed by atoms with Crippen LogP contribution >= 0.6 is 0 Å². The predicted molar refractivity (Wildman–Crippen MR) is 101 cm³/mol. The van der Waals surface area contributed by atoms with E-state index in [0.717, 1.165) is 30.9 Å². The van der Waals surface area contributed by atoms with E-state index < -0.39 is 0 Å². The fourth-order valence-electron chi connectivity index (χ4n) is 2.86. The van der Waals surface area contributed by atoms with E-state index in [1.807, 2.05) is 30.3 Å². The molecule has 0 radical (unpaired) electrons. The Hall–Kier alpha value is -2.33. The molecular weight excluding hydrogens is 312 g/mol. The van der Waals surface area contributed by atoms with E-state index in [2.05, 4.69) is 37.4 Å². The molecule has 0 spiro atoms. The Bertz CT molecular complexity index is 664. The molecule has 0 fully saturated rings. The molecule has 0 aliphatic rings. The molecule has 0 heterocycles. The van der Waals surface area contributed by atoms with E-state index in [9.17, 15) is 4.79 Å². The molecule has 2 aromatic rings. The molecule has 4 heteroatoms. The second-order valence-corrected chi connectivity index (χ2v) is 6.20. The van der Waals surface area contributed by atoms with Crippen molar-refractivity contribution in [1.29, 1.82) is 0 Å². The topological polar surface area (TPSA) is 42.8 Å². The molecule has 134 valence electrons. The molecule has 0 unspecified atom stereocenters. The van der Waals surface area contributed by atoms with E-state index in [4.69, 9.17) is 4.74 Å². The molecule has 25 heavy (non-hydrogen) atoms. The number of amides is 1. The molecule has 0 aliphatic heterocycles. The summed E-state index contributed by atoms with van der Waals surface area (Å²) < 4.78 is 5.14. The van der Waals surface area contributed by atoms with Crippen molar-refractivity contribution >= 4 is 5.91 Å². The minimum atomic E-state index is 0.0372. The van der Waals surface area contributed by atoms with Crippen LogP contribution in [-0.2, 0) is 24.3 Å². The average molecular weight is 341 g/mol. The van der Waals surface area contributed by atoms with Crippen LogP contribution in [0.15, 0.2) is 48.5 Å². The van der Waals surface area contributed by atoms with Gasteiger partial charge in [-0.2, -0.15) is 0 Å². The van der Waals surface area contributed by atoms with Gasteiger partial charge in [0.1, 0.15) is 12.3 Å². The van der Waals surface area contributed by atoms with Gasteiger partial charge in [0.05, 0.1) is 26.6 Å². The van der Waals surface area contributed by atoms with E-state index in [0.29, 0.717) is 13.0 Å². The Morgan fingerprint density at radius 2 is 1.64 bits per heavy atom. The lowest BCUT2D eigenvalue weighted by Crippen LogP contribution is -3.10. The molecule has 0 aliphatic carbocycles. The number of carbonyl (C=O) groups excluding carboxylic acids is 1. The zero-order valence-corrected chi connectivity index (χ0v) is 15.5. The van der Waals surface area contributed by atoms with Gasteiger partial charge in [-0.25, -0.2) is 0 Å². The standard InChI is InChI=1S/C21H28N2O2/c1-4-23(5-2)16-19-9-7-6-8-18(19)15-22-21(24)14-17-10-12-20(25-3)13-11-17/h6-13H,4-5,14-16H2,1-3H3,(H,22,24)/p+1. The van der Waals surface area contributed by atoms with Gasteiger partial charge in [-0.05, 0) is 37.1 Å². The van der Waals surface area contributed by atoms with Crippen molar-refractivity contribution < 1.29 is 14.4 Å². The molecule has 0 saturated heterocycles. The second kappa shape index (κ2) is 9.84. The quantitative estimate of drug-likeness (QED) is 0.732. The number of nitrogens with one attached hydrogen (secondary N) is 2. The number of hydrogen-bond donors (Lipinski definition) is 2. The van der Waals surface area contributed by atoms with Crippen LogP contribution in [0.25, 0.3) is 0 Å². The third-order valence-electron chi connectivity index (χ3n) is 4.56. The highest BCUT2D eigenvalue weighted by Crippen LogP contribution is 2.12. The first-order valence-electron chi connectivity index (χ1n) is 8.96. The molecule has 0 aromatic heterocycles. The molecule has 2 rings (SSSR count). The number of hydrogen-bond acceptors (Lipinski definition) is 2. The number of methoxy groups -OCH3 is 1. The van der Waals surface area contributed by atoms with Crippen molar-refractivity contribution in [2.24, 2.45) is 0 Å². The molecule has 1 amide bonds. The molecule has 4 nitrogen and oxygen atoms in total. The summed E-state index contributed by atoms with van der Waals surface area (Å²) >= 11 is 0. The van der Waals surface area contributed by atoms with Gasteiger partial charge in [-0.1, -0.05) is 36.4 Å². The van der Waals surface area contributed by atoms with E-state index >= 15 is 0 Å². The van der Waals surface area contributed by atoms with Crippen molar-refractivity contribution in [1.82, 2.24) is 5.32 Å². The molecule has 0 saturated carbocycles. The van der Waals surface area contributed by atoms with E-state index in [1.54, 1.807) is 7.11 Å². The monoisotopic (exact) mass is 341 g/mol. The van der Waals surface area contributed by atoms with Gasteiger partial charge < -0.3 is 15.0 Å². The SMILES string of the molecule is CC[NH+](CC)Cc1ccccc1CNC(=O)Cc1ccc(OC)cc1. The third-order valence-corrected chi connectivity index (χ3v) is 4.56. The van der Waals surface area contributed by atoms with Crippen molar-refractivity contribution in [2.45, 2.75) is 33.4 Å². The Morgan fingerprint density at radius 1 is 1.00 bits per heavy atom. The largest absolute Gasteiger partial charge is 0.497 e. The second-order valence-electron chi connectivity index (χ2n) is 6.20. The number of carbonyl (C=O) groups is 1. The lowest BCUT2D eigenvalue weighted by molar-refractivity contribution is -0.910. The minimum absolute atomic E-state index is 0.0372. The van der Waals surface area contributed by atoms with Crippen molar-refractivity contribution in [3.63, 3.8) is 0 Å². The molecule has 2 N–H and O–H groups in total. The Labute approximate surface area is 150 Å². The predicted octanol–water partition coefficient (Wildman–Crippen LogP) is 1.98. The normalized spacial score (nSPS) is 10.7. The van der Waals surface area contributed by atoms with Crippen molar-refractivity contribution in [2.75, 3.05) is 20.2 Å². The fraction of sp³-hybridized carbons (Fsp3) is 0.381. The van der Waals surface area contributed by atoms with Crippen LogP contribution in [0.5, 0.6) is 5.75 Å². The van der Waals surface area contributed by atoms with Crippen LogP contribution < -0.4 is 15.0 Å². The highest BCUT2D eigenvalue weighted by Gasteiger charge is 2.10. The Morgan fingerprint density at radius 3 is 2.24 bits per heavy atom. The van der Waals surface area contributed by atoms with Gasteiger partial charge in [-0.15, -0.1) is 0 Å². The van der Waals surface area contributed by atoms with Gasteiger partial charge in [-0.3, -0.25) is 4.79 Å². The summed E-state index contributed by atoms with van der Waals surface area (Å²) in [5.41, 5.74) is 3.50. The molecule has 0 atom stereocenters. The first-order valence-corrected chi connectivity index (χ1v) is 8.96. The molecular formula is C21H29N2O2+. The lowest BCUT2D eigenvalue weighted by atomic mass is 10.1. The Kier molecular flexibility index (Phi) is 7.48. The summed E-state index contributed by atoms with van der Waals surface area (Å²) in [6, 6.07) is 16.0. The third kappa shape index (κ3) is 5.91. The average Bonchev–Trinajstić information content (AvgIpc) is 2.65. The molecule has 2 aromatic carbocycles. The van der Waals surface area contributed by atoms with Crippen LogP contribution in [0.4, 0.5) is 0 Å². The first-order chi connectivity index (χ1) is 12.2. The summed E-state index contributed by atoms with van der Waals surface area (Å²) in [4.78, 5) is 13.8. The lowest BCUT2D eigenvalue weighted by Gasteiger charge is -2.18. The maximum absolute atomic E-state index is 12.2. The Balaban J connectivity index is 1.92. The smallest absolute Gasteiger partial charge is 0.224 e. The van der Waals surface area contributed by atoms with E-state index in [1.165, 1.54) is 16.0 Å². The maximum atomic E-state index is 12.2. The minimum Gasteiger partial charge on any atom is -0.497 e. The maximum Gasteiger partial charge on any atom is 0.224 e. The van der Waals surface area contributed by atoms with Gasteiger partial charge >= 0.3 is 0 Å². The highest BCUT2D eigenvalue weighted by atomic mass is 16.5. The number of quaternary nitrogens is 1. The van der Waals surface area contributed by atoms with Gasteiger partial charge in [0.15, 0.2) is 0 Å². The zero-order valence-electron chi connectivity index (χ0n) is 15.5. The van der Waals surface area contributed by atoms with Gasteiger partial charge in [0, 0.05) is 12.1 Å². The molecule has 0 bridgehead atoms. The van der Waals surface area contributed by atoms with Crippen LogP contribution in [-0.4, -0.2) is 26.1 Å². The van der Waals surface area contributed by atoms with Crippen LogP contribution in [0.3, 0.4) is 0 Å². The van der Waals surface area contributed by atoms with Crippen molar-refractivity contribution in [3.05, 3.63) is 65.2 Å². The van der Waals surface area contributed by atoms with Crippen LogP contribution in [0.2, 0.25) is 0 Å². The van der Waals surface area contributed by atoms with Crippen LogP contribution in [0.1, 0.15) is 30.5 Å². The number of benzene rings is 2. The summed E-state index contributed by atoms with van der Waals surface area (Å²) in [7, 11) is 1.64. The summed E-state index contributed by atoms with van der Waals surface area (Å²) in [6.07, 6.45) is 0.382. The van der Waals surface area contributed by atoms with Crippen LogP contribution in [0, 0.1) is 0 Å². The zero-order chi connectivity index (χ0) is 18.1. The fourth-order valence-corrected chi connectivity index (χ4v) is 2.86. The van der Waals surface area contributed by atoms with Gasteiger partial charge in [0.25, 0.3) is 0 Å². The summed E-state index contributed by atoms with van der Waals surface area (Å²) in [6.45, 7) is 8.20. The first kappa shape index (κ1) is 19.0. The van der Waals surface area contributed by atoms with Gasteiger partial charge in [0.2, 0.25) is 5.91 Å². The van der Waals surface area contributed by atoms with E-state index in [-0.39, 0.29) is 5.91 Å². The number of ether oxygens (including phenoxy) is 1. The summed E-state index contributed by atoms with van der Waals surface area (Å²) in [5, 5.41) is 3.05.